The van der Waals surface area contributed by atoms with E-state index in [1.165, 1.54) is 11.1 Å². The first kappa shape index (κ1) is 16.5. The van der Waals surface area contributed by atoms with E-state index in [9.17, 15) is 4.79 Å². The number of benzene rings is 2. The van der Waals surface area contributed by atoms with Crippen molar-refractivity contribution in [1.82, 2.24) is 9.47 Å². The van der Waals surface area contributed by atoms with E-state index >= 15 is 0 Å². The number of aromatic nitrogens is 1. The molecular weight excluding hydrogens is 326 g/mol. The molecule has 134 valence electrons. The van der Waals surface area contributed by atoms with Crippen LogP contribution in [0.15, 0.2) is 60.8 Å². The lowest BCUT2D eigenvalue weighted by atomic mass is 10.2. The van der Waals surface area contributed by atoms with Gasteiger partial charge >= 0.3 is 0 Å². The van der Waals surface area contributed by atoms with Crippen LogP contribution in [-0.2, 0) is 11.3 Å². The third kappa shape index (κ3) is 3.25. The van der Waals surface area contributed by atoms with E-state index in [1.54, 1.807) is 7.11 Å². The van der Waals surface area contributed by atoms with Crippen LogP contribution in [-0.4, -0.2) is 48.7 Å². The summed E-state index contributed by atoms with van der Waals surface area (Å²) in [7, 11) is 1.67. The van der Waals surface area contributed by atoms with Crippen molar-refractivity contribution in [2.45, 2.75) is 6.54 Å². The first-order valence-electron chi connectivity index (χ1n) is 8.95. The fraction of sp³-hybridized carbons (Fsp3) is 0.286. The number of carbonyl (C=O) groups excluding carboxylic acids is 1. The zero-order valence-electron chi connectivity index (χ0n) is 15.0. The number of piperazine rings is 1. The molecule has 4 rings (SSSR count). The summed E-state index contributed by atoms with van der Waals surface area (Å²) in [6, 6.07) is 18.3. The highest BCUT2D eigenvalue weighted by molar-refractivity contribution is 5.83. The highest BCUT2D eigenvalue weighted by atomic mass is 16.5. The molecule has 2 heterocycles. The lowest BCUT2D eigenvalue weighted by molar-refractivity contribution is -0.132. The predicted octanol–water partition coefficient (Wildman–Crippen LogP) is 3.00. The van der Waals surface area contributed by atoms with Gasteiger partial charge in [-0.1, -0.05) is 18.2 Å². The molecular formula is C21H23N3O2. The molecule has 0 atom stereocenters. The molecule has 5 heteroatoms. The van der Waals surface area contributed by atoms with E-state index in [0.717, 1.165) is 37.4 Å². The SMILES string of the molecule is COc1ccc(N2CCN(C(=O)Cn3ccc4ccccc43)CC2)cc1. The normalized spacial score (nSPS) is 14.7. The second-order valence-electron chi connectivity index (χ2n) is 6.57. The Labute approximate surface area is 153 Å². The smallest absolute Gasteiger partial charge is 0.242 e. The van der Waals surface area contributed by atoms with Crippen molar-refractivity contribution in [2.75, 3.05) is 38.2 Å². The highest BCUT2D eigenvalue weighted by Crippen LogP contribution is 2.21. The highest BCUT2D eigenvalue weighted by Gasteiger charge is 2.21. The average molecular weight is 349 g/mol. The van der Waals surface area contributed by atoms with Crippen LogP contribution in [0.5, 0.6) is 5.75 Å². The molecule has 1 aliphatic heterocycles. The Kier molecular flexibility index (Phi) is 4.52. The second-order valence-corrected chi connectivity index (χ2v) is 6.57. The number of fused-ring (bicyclic) bond motifs is 1. The van der Waals surface area contributed by atoms with Gasteiger partial charge in [-0.3, -0.25) is 4.79 Å². The summed E-state index contributed by atoms with van der Waals surface area (Å²) >= 11 is 0. The summed E-state index contributed by atoms with van der Waals surface area (Å²) in [5.41, 5.74) is 2.28. The molecule has 2 aromatic carbocycles. The van der Waals surface area contributed by atoms with Gasteiger partial charge in [0.1, 0.15) is 12.3 Å². The molecule has 0 bridgehead atoms. The van der Waals surface area contributed by atoms with Crippen LogP contribution in [0.25, 0.3) is 10.9 Å². The van der Waals surface area contributed by atoms with Crippen LogP contribution in [0.4, 0.5) is 5.69 Å². The Morgan fingerprint density at radius 3 is 2.42 bits per heavy atom. The molecule has 0 N–H and O–H groups in total. The van der Waals surface area contributed by atoms with Crippen LogP contribution in [0.1, 0.15) is 0 Å². The first-order valence-corrected chi connectivity index (χ1v) is 8.95. The van der Waals surface area contributed by atoms with Gasteiger partial charge in [-0.25, -0.2) is 0 Å². The molecule has 26 heavy (non-hydrogen) atoms. The largest absolute Gasteiger partial charge is 0.497 e. The van der Waals surface area contributed by atoms with E-state index in [0.29, 0.717) is 6.54 Å². The molecule has 1 saturated heterocycles. The van der Waals surface area contributed by atoms with E-state index in [2.05, 4.69) is 35.2 Å². The van der Waals surface area contributed by atoms with Crippen molar-refractivity contribution in [1.29, 1.82) is 0 Å². The molecule has 0 unspecified atom stereocenters. The van der Waals surface area contributed by atoms with Gasteiger partial charge in [0.15, 0.2) is 0 Å². The summed E-state index contributed by atoms with van der Waals surface area (Å²) in [5, 5.41) is 1.17. The Bertz CT molecular complexity index is 893. The minimum atomic E-state index is 0.181. The first-order chi connectivity index (χ1) is 12.7. The number of carbonyl (C=O) groups is 1. The number of amides is 1. The van der Waals surface area contributed by atoms with Gasteiger partial charge in [0.25, 0.3) is 0 Å². The number of methoxy groups -OCH3 is 1. The maximum atomic E-state index is 12.7. The van der Waals surface area contributed by atoms with Crippen molar-refractivity contribution in [2.24, 2.45) is 0 Å². The third-order valence-electron chi connectivity index (χ3n) is 5.06. The number of para-hydroxylation sites is 1. The quantitative estimate of drug-likeness (QED) is 0.727. The Balaban J connectivity index is 1.37. The Hall–Kier alpha value is -2.95. The van der Waals surface area contributed by atoms with Gasteiger partial charge in [0.2, 0.25) is 5.91 Å². The van der Waals surface area contributed by atoms with Crippen LogP contribution in [0, 0.1) is 0 Å². The number of hydrogen-bond acceptors (Lipinski definition) is 3. The van der Waals surface area contributed by atoms with Crippen LogP contribution in [0.2, 0.25) is 0 Å². The summed E-state index contributed by atoms with van der Waals surface area (Å²) in [6.07, 6.45) is 2.00. The minimum Gasteiger partial charge on any atom is -0.497 e. The van der Waals surface area contributed by atoms with Crippen molar-refractivity contribution < 1.29 is 9.53 Å². The fourth-order valence-electron chi connectivity index (χ4n) is 3.53. The van der Waals surface area contributed by atoms with Crippen molar-refractivity contribution in [3.05, 3.63) is 60.8 Å². The van der Waals surface area contributed by atoms with Gasteiger partial charge in [0.05, 0.1) is 7.11 Å². The van der Waals surface area contributed by atoms with Crippen LogP contribution in [0.3, 0.4) is 0 Å². The van der Waals surface area contributed by atoms with Crippen LogP contribution >= 0.6 is 0 Å². The summed E-state index contributed by atoms with van der Waals surface area (Å²) < 4.78 is 7.25. The summed E-state index contributed by atoms with van der Waals surface area (Å²) in [6.45, 7) is 3.61. The maximum Gasteiger partial charge on any atom is 0.242 e. The number of hydrogen-bond donors (Lipinski definition) is 0. The molecule has 1 amide bonds. The maximum absolute atomic E-state index is 12.7. The standard InChI is InChI=1S/C21H23N3O2/c1-26-19-8-6-18(7-9-19)22-12-14-23(15-13-22)21(25)16-24-11-10-17-4-2-3-5-20(17)24/h2-11H,12-16H2,1H3. The number of anilines is 1. The number of ether oxygens (including phenoxy) is 1. The van der Waals surface area contributed by atoms with Crippen LogP contribution < -0.4 is 9.64 Å². The summed E-state index contributed by atoms with van der Waals surface area (Å²) in [5.74, 6) is 1.04. The Morgan fingerprint density at radius 2 is 1.69 bits per heavy atom. The van der Waals surface area contributed by atoms with Gasteiger partial charge < -0.3 is 19.1 Å². The Morgan fingerprint density at radius 1 is 0.962 bits per heavy atom. The second kappa shape index (κ2) is 7.12. The lowest BCUT2D eigenvalue weighted by Crippen LogP contribution is -2.49. The minimum absolute atomic E-state index is 0.181. The molecule has 0 saturated carbocycles. The van der Waals surface area contributed by atoms with E-state index < -0.39 is 0 Å². The third-order valence-corrected chi connectivity index (χ3v) is 5.06. The zero-order chi connectivity index (χ0) is 17.9. The number of nitrogens with zero attached hydrogens (tertiary/aromatic N) is 3. The molecule has 0 aliphatic carbocycles. The lowest BCUT2D eigenvalue weighted by Gasteiger charge is -2.36. The van der Waals surface area contributed by atoms with Gasteiger partial charge in [-0.2, -0.15) is 0 Å². The van der Waals surface area contributed by atoms with E-state index in [4.69, 9.17) is 4.74 Å². The molecule has 5 nitrogen and oxygen atoms in total. The predicted molar refractivity (Wildman–Crippen MR) is 104 cm³/mol. The van der Waals surface area contributed by atoms with Gasteiger partial charge in [-0.05, 0) is 41.8 Å². The molecule has 0 radical (unpaired) electrons. The van der Waals surface area contributed by atoms with Gasteiger partial charge in [-0.15, -0.1) is 0 Å². The zero-order valence-corrected chi connectivity index (χ0v) is 15.0. The monoisotopic (exact) mass is 349 g/mol. The molecule has 1 aromatic heterocycles. The topological polar surface area (TPSA) is 37.7 Å². The number of rotatable bonds is 4. The van der Waals surface area contributed by atoms with E-state index in [1.807, 2.05) is 39.9 Å². The fourth-order valence-corrected chi connectivity index (χ4v) is 3.53. The molecule has 3 aromatic rings. The molecule has 1 fully saturated rings. The van der Waals surface area contributed by atoms with Crippen molar-refractivity contribution in [3.8, 4) is 5.75 Å². The van der Waals surface area contributed by atoms with Crippen molar-refractivity contribution >= 4 is 22.5 Å². The molecule has 1 aliphatic rings. The summed E-state index contributed by atoms with van der Waals surface area (Å²) in [4.78, 5) is 17.0. The van der Waals surface area contributed by atoms with E-state index in [-0.39, 0.29) is 5.91 Å². The van der Waals surface area contributed by atoms with Gasteiger partial charge in [0, 0.05) is 43.6 Å². The average Bonchev–Trinajstić information content (AvgIpc) is 3.11. The molecule has 0 spiro atoms. The van der Waals surface area contributed by atoms with Crippen molar-refractivity contribution in [3.63, 3.8) is 0 Å².